The van der Waals surface area contributed by atoms with Crippen molar-refractivity contribution in [2.75, 3.05) is 39.4 Å². The molecular weight excluding hydrogens is 457 g/mol. The van der Waals surface area contributed by atoms with Crippen molar-refractivity contribution < 1.29 is 9.26 Å². The number of aliphatic imine (C=N–C) groups is 1. The van der Waals surface area contributed by atoms with Crippen LogP contribution in [0.15, 0.2) is 9.52 Å². The van der Waals surface area contributed by atoms with Gasteiger partial charge < -0.3 is 19.9 Å². The maximum Gasteiger partial charge on any atom is 0.191 e. The van der Waals surface area contributed by atoms with E-state index in [-0.39, 0.29) is 29.5 Å². The van der Waals surface area contributed by atoms with E-state index in [1.54, 1.807) is 0 Å². The molecule has 0 aliphatic carbocycles. The molecule has 0 unspecified atom stereocenters. The van der Waals surface area contributed by atoms with Crippen LogP contribution in [-0.4, -0.2) is 60.9 Å². The second-order valence-electron chi connectivity index (χ2n) is 7.20. The molecule has 1 aliphatic heterocycles. The third-order valence-electron chi connectivity index (χ3n) is 4.90. The molecule has 156 valence electrons. The van der Waals surface area contributed by atoms with Gasteiger partial charge in [0.1, 0.15) is 5.76 Å². The Balaban J connectivity index is 0.00000364. The lowest BCUT2D eigenvalue weighted by Gasteiger charge is -2.41. The van der Waals surface area contributed by atoms with Gasteiger partial charge in [-0.1, -0.05) is 19.0 Å². The Hall–Kier alpha value is -0.870. The first-order valence-electron chi connectivity index (χ1n) is 9.83. The van der Waals surface area contributed by atoms with Gasteiger partial charge in [0.15, 0.2) is 5.96 Å². The summed E-state index contributed by atoms with van der Waals surface area (Å²) in [5, 5.41) is 11.0. The summed E-state index contributed by atoms with van der Waals surface area (Å²) in [5.41, 5.74) is 2.18. The normalized spacial score (nSPS) is 16.1. The van der Waals surface area contributed by atoms with Crippen molar-refractivity contribution in [3.05, 3.63) is 17.0 Å². The van der Waals surface area contributed by atoms with Crippen molar-refractivity contribution >= 4 is 29.9 Å². The summed E-state index contributed by atoms with van der Waals surface area (Å²) >= 11 is 0. The van der Waals surface area contributed by atoms with E-state index in [4.69, 9.17) is 14.3 Å². The minimum atomic E-state index is 0. The van der Waals surface area contributed by atoms with E-state index in [2.05, 4.69) is 55.3 Å². The molecule has 7 nitrogen and oxygen atoms in total. The number of nitrogens with one attached hydrogen (secondary N) is 2. The minimum absolute atomic E-state index is 0. The van der Waals surface area contributed by atoms with Gasteiger partial charge >= 0.3 is 0 Å². The van der Waals surface area contributed by atoms with E-state index in [0.29, 0.717) is 6.54 Å². The summed E-state index contributed by atoms with van der Waals surface area (Å²) in [7, 11) is 0. The minimum Gasteiger partial charge on any atom is -0.379 e. The van der Waals surface area contributed by atoms with Crippen LogP contribution in [0, 0.1) is 0 Å². The number of halogens is 1. The van der Waals surface area contributed by atoms with Gasteiger partial charge in [-0.3, -0.25) is 4.90 Å². The molecule has 0 bridgehead atoms. The summed E-state index contributed by atoms with van der Waals surface area (Å²) in [6, 6.07) is 0. The Morgan fingerprint density at radius 2 is 1.85 bits per heavy atom. The van der Waals surface area contributed by atoms with Gasteiger partial charge in [0.2, 0.25) is 0 Å². The summed E-state index contributed by atoms with van der Waals surface area (Å²) < 4.78 is 10.9. The van der Waals surface area contributed by atoms with Crippen molar-refractivity contribution in [1.82, 2.24) is 20.7 Å². The van der Waals surface area contributed by atoms with E-state index >= 15 is 0 Å². The molecule has 1 fully saturated rings. The lowest BCUT2D eigenvalue weighted by atomic mass is 10.0. The first-order valence-corrected chi connectivity index (χ1v) is 9.83. The highest BCUT2D eigenvalue weighted by atomic mass is 127. The van der Waals surface area contributed by atoms with Crippen LogP contribution in [0.2, 0.25) is 0 Å². The predicted octanol–water partition coefficient (Wildman–Crippen LogP) is 2.58. The Kier molecular flexibility index (Phi) is 10.6. The molecule has 1 aromatic heterocycles. The molecule has 0 saturated carbocycles. The van der Waals surface area contributed by atoms with Crippen molar-refractivity contribution in [3.8, 4) is 0 Å². The van der Waals surface area contributed by atoms with Gasteiger partial charge in [-0.15, -0.1) is 24.0 Å². The molecule has 2 rings (SSSR count). The lowest BCUT2D eigenvalue weighted by molar-refractivity contribution is -0.00834. The summed E-state index contributed by atoms with van der Waals surface area (Å²) in [6.45, 7) is 16.6. The molecule has 27 heavy (non-hydrogen) atoms. The van der Waals surface area contributed by atoms with Gasteiger partial charge in [-0.05, 0) is 27.2 Å². The van der Waals surface area contributed by atoms with Crippen LogP contribution < -0.4 is 10.6 Å². The fraction of sp³-hybridized carbons (Fsp3) is 0.789. The Bertz CT molecular complexity index is 561. The molecule has 0 atom stereocenters. The fourth-order valence-corrected chi connectivity index (χ4v) is 3.20. The highest BCUT2D eigenvalue weighted by Crippen LogP contribution is 2.17. The number of guanidine groups is 1. The van der Waals surface area contributed by atoms with Gasteiger partial charge in [0, 0.05) is 43.7 Å². The van der Waals surface area contributed by atoms with Crippen LogP contribution in [0.1, 0.15) is 51.6 Å². The second-order valence-corrected chi connectivity index (χ2v) is 7.20. The Morgan fingerprint density at radius 3 is 2.44 bits per heavy atom. The number of morpholine rings is 1. The average Bonchev–Trinajstić information content (AvgIpc) is 3.06. The number of nitrogens with zero attached hydrogens (tertiary/aromatic N) is 3. The van der Waals surface area contributed by atoms with E-state index in [9.17, 15) is 0 Å². The van der Waals surface area contributed by atoms with E-state index in [1.807, 2.05) is 0 Å². The molecule has 0 radical (unpaired) electrons. The van der Waals surface area contributed by atoms with Crippen LogP contribution in [0.4, 0.5) is 0 Å². The highest BCUT2D eigenvalue weighted by Gasteiger charge is 2.28. The standard InChI is InChI=1S/C19H35N5O2.HI/c1-6-16-15(17(7-2)26-23-16)13-21-18(20-8-3)22-14-19(4,5)24-9-11-25-12-10-24;/h6-14H2,1-5H3,(H2,20,21,22);1H. The molecule has 0 spiro atoms. The molecule has 0 aromatic carbocycles. The van der Waals surface area contributed by atoms with Gasteiger partial charge in [-0.25, -0.2) is 4.99 Å². The van der Waals surface area contributed by atoms with Gasteiger partial charge in [0.05, 0.1) is 25.5 Å². The maximum absolute atomic E-state index is 5.47. The zero-order chi connectivity index (χ0) is 19.0. The van der Waals surface area contributed by atoms with Gasteiger partial charge in [-0.2, -0.15) is 0 Å². The largest absolute Gasteiger partial charge is 0.379 e. The van der Waals surface area contributed by atoms with E-state index < -0.39 is 0 Å². The molecule has 1 aromatic rings. The van der Waals surface area contributed by atoms with E-state index in [0.717, 1.165) is 75.2 Å². The highest BCUT2D eigenvalue weighted by molar-refractivity contribution is 14.0. The molecule has 2 heterocycles. The zero-order valence-electron chi connectivity index (χ0n) is 17.4. The Labute approximate surface area is 180 Å². The quantitative estimate of drug-likeness (QED) is 0.330. The van der Waals surface area contributed by atoms with Crippen LogP contribution in [0.25, 0.3) is 0 Å². The topological polar surface area (TPSA) is 74.9 Å². The summed E-state index contributed by atoms with van der Waals surface area (Å²) in [6.07, 6.45) is 1.70. The number of hydrogen-bond acceptors (Lipinski definition) is 5. The molecule has 0 amide bonds. The first kappa shape index (κ1) is 24.2. The third-order valence-corrected chi connectivity index (χ3v) is 4.90. The summed E-state index contributed by atoms with van der Waals surface area (Å²) in [4.78, 5) is 7.24. The number of rotatable bonds is 8. The van der Waals surface area contributed by atoms with Crippen LogP contribution >= 0.6 is 24.0 Å². The monoisotopic (exact) mass is 493 g/mol. The number of aromatic nitrogens is 1. The number of aryl methyl sites for hydroxylation is 2. The SMILES string of the molecule is CCNC(=NCc1c(CC)noc1CC)NCC(C)(C)N1CCOCC1.I. The number of ether oxygens (including phenoxy) is 1. The Morgan fingerprint density at radius 1 is 1.15 bits per heavy atom. The first-order chi connectivity index (χ1) is 12.5. The average molecular weight is 493 g/mol. The molecule has 8 heteroatoms. The van der Waals surface area contributed by atoms with Crippen molar-refractivity contribution in [3.63, 3.8) is 0 Å². The van der Waals surface area contributed by atoms with Crippen LogP contribution in [0.5, 0.6) is 0 Å². The van der Waals surface area contributed by atoms with Crippen molar-refractivity contribution in [1.29, 1.82) is 0 Å². The smallest absolute Gasteiger partial charge is 0.191 e. The maximum atomic E-state index is 5.47. The third kappa shape index (κ3) is 6.90. The lowest BCUT2D eigenvalue weighted by Crippen LogP contribution is -2.56. The van der Waals surface area contributed by atoms with Crippen LogP contribution in [-0.2, 0) is 24.1 Å². The molecule has 2 N–H and O–H groups in total. The molecular formula is C19H36IN5O2. The van der Waals surface area contributed by atoms with Crippen LogP contribution in [0.3, 0.4) is 0 Å². The zero-order valence-corrected chi connectivity index (χ0v) is 19.8. The van der Waals surface area contributed by atoms with Crippen molar-refractivity contribution in [2.45, 2.75) is 59.5 Å². The number of hydrogen-bond donors (Lipinski definition) is 2. The van der Waals surface area contributed by atoms with Gasteiger partial charge in [0.25, 0.3) is 0 Å². The second kappa shape index (κ2) is 11.9. The molecule has 1 aliphatic rings. The van der Waals surface area contributed by atoms with Crippen molar-refractivity contribution in [2.24, 2.45) is 4.99 Å². The summed E-state index contributed by atoms with van der Waals surface area (Å²) in [5.74, 6) is 1.77. The van der Waals surface area contributed by atoms with E-state index in [1.165, 1.54) is 0 Å². The molecule has 1 saturated heterocycles. The fourth-order valence-electron chi connectivity index (χ4n) is 3.20. The predicted molar refractivity (Wildman–Crippen MR) is 120 cm³/mol.